The van der Waals surface area contributed by atoms with Crippen LogP contribution < -0.4 is 0 Å². The molecule has 0 atom stereocenters. The zero-order valence-electron chi connectivity index (χ0n) is 8.38. The second-order valence-corrected chi connectivity index (χ2v) is 5.19. The standard InChI is InChI=1S/C11H11ClN2S/c1-11(5-6-11)14-9-7(12)3-2-4-8(9)13-10(14)15/h2-4H,5-6H2,1H3,(H,13,15). The van der Waals surface area contributed by atoms with E-state index in [1.165, 1.54) is 12.8 Å². The van der Waals surface area contributed by atoms with Crippen LogP contribution in [0.2, 0.25) is 5.02 Å². The van der Waals surface area contributed by atoms with Crippen LogP contribution in [0, 0.1) is 4.77 Å². The quantitative estimate of drug-likeness (QED) is 0.749. The minimum Gasteiger partial charge on any atom is -0.331 e. The van der Waals surface area contributed by atoms with Crippen molar-refractivity contribution in [2.75, 3.05) is 0 Å². The monoisotopic (exact) mass is 238 g/mol. The summed E-state index contributed by atoms with van der Waals surface area (Å²) >= 11 is 11.6. The number of nitrogens with zero attached hydrogens (tertiary/aromatic N) is 1. The van der Waals surface area contributed by atoms with Crippen LogP contribution in [-0.4, -0.2) is 9.55 Å². The van der Waals surface area contributed by atoms with Crippen LogP contribution >= 0.6 is 23.8 Å². The molecule has 2 aromatic rings. The molecule has 2 nitrogen and oxygen atoms in total. The van der Waals surface area contributed by atoms with E-state index >= 15 is 0 Å². The molecule has 15 heavy (non-hydrogen) atoms. The Kier molecular flexibility index (Phi) is 1.80. The largest absolute Gasteiger partial charge is 0.331 e. The van der Waals surface area contributed by atoms with E-state index in [4.69, 9.17) is 23.8 Å². The molecule has 0 spiro atoms. The fraction of sp³-hybridized carbons (Fsp3) is 0.364. The van der Waals surface area contributed by atoms with Gasteiger partial charge in [0, 0.05) is 5.54 Å². The summed E-state index contributed by atoms with van der Waals surface area (Å²) in [5.74, 6) is 0. The number of nitrogens with one attached hydrogen (secondary N) is 1. The molecular formula is C11H11ClN2S. The van der Waals surface area contributed by atoms with Gasteiger partial charge in [0.25, 0.3) is 0 Å². The summed E-state index contributed by atoms with van der Waals surface area (Å²) in [5, 5.41) is 0.771. The molecule has 1 saturated carbocycles. The number of hydrogen-bond acceptors (Lipinski definition) is 1. The number of imidazole rings is 1. The highest BCUT2D eigenvalue weighted by molar-refractivity contribution is 7.71. The molecule has 0 radical (unpaired) electrons. The molecule has 1 aliphatic carbocycles. The minimum absolute atomic E-state index is 0.181. The van der Waals surface area contributed by atoms with Gasteiger partial charge in [-0.25, -0.2) is 0 Å². The van der Waals surface area contributed by atoms with Crippen LogP contribution in [0.25, 0.3) is 11.0 Å². The highest BCUT2D eigenvalue weighted by Gasteiger charge is 2.41. The molecule has 0 bridgehead atoms. The number of aromatic nitrogens is 2. The smallest absolute Gasteiger partial charge is 0.178 e. The normalized spacial score (nSPS) is 18.3. The number of para-hydroxylation sites is 1. The molecular weight excluding hydrogens is 228 g/mol. The van der Waals surface area contributed by atoms with Crippen molar-refractivity contribution in [1.29, 1.82) is 0 Å². The van der Waals surface area contributed by atoms with Gasteiger partial charge in [-0.05, 0) is 44.1 Å². The van der Waals surface area contributed by atoms with Gasteiger partial charge >= 0.3 is 0 Å². The summed E-state index contributed by atoms with van der Waals surface area (Å²) in [5.41, 5.74) is 2.25. The van der Waals surface area contributed by atoms with Gasteiger partial charge in [-0.3, -0.25) is 0 Å². The van der Waals surface area contributed by atoms with Crippen LogP contribution in [-0.2, 0) is 5.54 Å². The van der Waals surface area contributed by atoms with Crippen molar-refractivity contribution in [2.45, 2.75) is 25.3 Å². The fourth-order valence-corrected chi connectivity index (χ4v) is 2.72. The van der Waals surface area contributed by atoms with Crippen molar-refractivity contribution in [1.82, 2.24) is 9.55 Å². The highest BCUT2D eigenvalue weighted by atomic mass is 35.5. The summed E-state index contributed by atoms with van der Waals surface area (Å²) in [6, 6.07) is 5.86. The molecule has 4 heteroatoms. The lowest BCUT2D eigenvalue weighted by Crippen LogP contribution is -2.12. The third-order valence-electron chi connectivity index (χ3n) is 3.17. The van der Waals surface area contributed by atoms with Gasteiger partial charge in [-0.2, -0.15) is 0 Å². The van der Waals surface area contributed by atoms with E-state index in [1.807, 2.05) is 18.2 Å². The third kappa shape index (κ3) is 1.26. The Balaban J connectivity index is 2.46. The van der Waals surface area contributed by atoms with Gasteiger partial charge in [0.05, 0.1) is 16.1 Å². The number of hydrogen-bond donors (Lipinski definition) is 1. The highest BCUT2D eigenvalue weighted by Crippen LogP contribution is 2.45. The van der Waals surface area contributed by atoms with Gasteiger partial charge in [0.1, 0.15) is 0 Å². The third-order valence-corrected chi connectivity index (χ3v) is 3.76. The van der Waals surface area contributed by atoms with E-state index in [-0.39, 0.29) is 5.54 Å². The van der Waals surface area contributed by atoms with E-state index in [1.54, 1.807) is 0 Å². The Labute approximate surface area is 97.9 Å². The Morgan fingerprint density at radius 1 is 1.47 bits per heavy atom. The zero-order chi connectivity index (χ0) is 10.6. The SMILES string of the molecule is CC1(n2c(=S)[nH]c3cccc(Cl)c32)CC1. The molecule has 1 aliphatic rings. The van der Waals surface area contributed by atoms with Crippen LogP contribution in [0.3, 0.4) is 0 Å². The van der Waals surface area contributed by atoms with E-state index in [0.717, 1.165) is 20.8 Å². The van der Waals surface area contributed by atoms with Crippen molar-refractivity contribution < 1.29 is 0 Å². The first-order valence-electron chi connectivity index (χ1n) is 5.02. The molecule has 0 saturated heterocycles. The second kappa shape index (κ2) is 2.86. The summed E-state index contributed by atoms with van der Waals surface area (Å²) in [7, 11) is 0. The predicted octanol–water partition coefficient (Wildman–Crippen LogP) is 3.86. The Morgan fingerprint density at radius 2 is 2.20 bits per heavy atom. The maximum atomic E-state index is 6.22. The van der Waals surface area contributed by atoms with Gasteiger partial charge < -0.3 is 9.55 Å². The van der Waals surface area contributed by atoms with Gasteiger partial charge in [-0.1, -0.05) is 17.7 Å². The number of rotatable bonds is 1. The summed E-state index contributed by atoms with van der Waals surface area (Å²) < 4.78 is 2.94. The average Bonchev–Trinajstić information content (AvgIpc) is 2.79. The molecule has 3 rings (SSSR count). The number of benzene rings is 1. The molecule has 0 amide bonds. The number of aromatic amines is 1. The first kappa shape index (κ1) is 9.43. The van der Waals surface area contributed by atoms with E-state index in [0.29, 0.717) is 0 Å². The van der Waals surface area contributed by atoms with E-state index < -0.39 is 0 Å². The first-order chi connectivity index (χ1) is 7.12. The molecule has 1 aromatic heterocycles. The minimum atomic E-state index is 0.181. The zero-order valence-corrected chi connectivity index (χ0v) is 9.95. The van der Waals surface area contributed by atoms with Crippen molar-refractivity contribution in [3.8, 4) is 0 Å². The maximum Gasteiger partial charge on any atom is 0.178 e. The van der Waals surface area contributed by atoms with Crippen molar-refractivity contribution in [2.24, 2.45) is 0 Å². The van der Waals surface area contributed by atoms with Gasteiger partial charge in [0.2, 0.25) is 0 Å². The fourth-order valence-electron chi connectivity index (χ4n) is 2.04. The summed E-state index contributed by atoms with van der Waals surface area (Å²) in [6.45, 7) is 2.22. The average molecular weight is 239 g/mol. The number of halogens is 1. The summed E-state index contributed by atoms with van der Waals surface area (Å²) in [4.78, 5) is 3.21. The Morgan fingerprint density at radius 3 is 2.87 bits per heavy atom. The topological polar surface area (TPSA) is 20.7 Å². The summed E-state index contributed by atoms with van der Waals surface area (Å²) in [6.07, 6.45) is 2.36. The molecule has 0 unspecified atom stereocenters. The lowest BCUT2D eigenvalue weighted by molar-refractivity contribution is 0.541. The van der Waals surface area contributed by atoms with E-state index in [2.05, 4.69) is 16.5 Å². The van der Waals surface area contributed by atoms with Crippen LogP contribution in [0.1, 0.15) is 19.8 Å². The van der Waals surface area contributed by atoms with Crippen LogP contribution in [0.4, 0.5) is 0 Å². The van der Waals surface area contributed by atoms with E-state index in [9.17, 15) is 0 Å². The lowest BCUT2D eigenvalue weighted by atomic mass is 10.2. The molecule has 1 N–H and O–H groups in total. The Bertz CT molecular complexity index is 592. The van der Waals surface area contributed by atoms with Crippen molar-refractivity contribution >= 4 is 34.9 Å². The molecule has 1 fully saturated rings. The maximum absolute atomic E-state index is 6.22. The Hall–Kier alpha value is -0.800. The molecule has 1 heterocycles. The molecule has 78 valence electrons. The van der Waals surface area contributed by atoms with Crippen LogP contribution in [0.15, 0.2) is 18.2 Å². The van der Waals surface area contributed by atoms with Crippen molar-refractivity contribution in [3.63, 3.8) is 0 Å². The molecule has 0 aliphatic heterocycles. The predicted molar refractivity (Wildman–Crippen MR) is 65.0 cm³/mol. The number of fused-ring (bicyclic) bond motifs is 1. The van der Waals surface area contributed by atoms with Gasteiger partial charge in [-0.15, -0.1) is 0 Å². The van der Waals surface area contributed by atoms with Gasteiger partial charge in [0.15, 0.2) is 4.77 Å². The molecule has 1 aromatic carbocycles. The first-order valence-corrected chi connectivity index (χ1v) is 5.80. The van der Waals surface area contributed by atoms with Crippen LogP contribution in [0.5, 0.6) is 0 Å². The second-order valence-electron chi connectivity index (χ2n) is 4.40. The van der Waals surface area contributed by atoms with Crippen molar-refractivity contribution in [3.05, 3.63) is 28.0 Å². The number of H-pyrrole nitrogens is 1. The lowest BCUT2D eigenvalue weighted by Gasteiger charge is -2.12.